The molecule has 0 bridgehead atoms. The van der Waals surface area contributed by atoms with Crippen LogP contribution in [0.15, 0.2) is 18.2 Å². The third kappa shape index (κ3) is 1.01. The van der Waals surface area contributed by atoms with Gasteiger partial charge >= 0.3 is 11.9 Å². The number of hydrogen-bond acceptors (Lipinski definition) is 3. The zero-order valence-corrected chi connectivity index (χ0v) is 8.46. The molecule has 0 amide bonds. The lowest BCUT2D eigenvalue weighted by Crippen LogP contribution is -2.28. The number of fused-ring (bicyclic) bond motifs is 2. The van der Waals surface area contributed by atoms with Gasteiger partial charge < -0.3 is 4.74 Å². The average Bonchev–Trinajstić information content (AvgIpc) is 2.72. The van der Waals surface area contributed by atoms with Crippen LogP contribution in [-0.4, -0.2) is 11.9 Å². The number of benzene rings is 1. The van der Waals surface area contributed by atoms with Crippen LogP contribution in [0.2, 0.25) is 0 Å². The maximum absolute atomic E-state index is 13.5. The highest BCUT2D eigenvalue weighted by molar-refractivity contribution is 6.02. The number of esters is 2. The summed E-state index contributed by atoms with van der Waals surface area (Å²) in [7, 11) is 0. The van der Waals surface area contributed by atoms with Gasteiger partial charge in [0.15, 0.2) is 0 Å². The summed E-state index contributed by atoms with van der Waals surface area (Å²) in [6, 6.07) is 4.66. The van der Waals surface area contributed by atoms with Crippen LogP contribution in [0.4, 0.5) is 4.39 Å². The fourth-order valence-electron chi connectivity index (χ4n) is 2.69. The molecule has 0 N–H and O–H groups in total. The Morgan fingerprint density at radius 2 is 2.12 bits per heavy atom. The highest BCUT2D eigenvalue weighted by Crippen LogP contribution is 2.46. The molecule has 1 aromatic carbocycles. The van der Waals surface area contributed by atoms with Gasteiger partial charge in [0.1, 0.15) is 11.2 Å². The van der Waals surface area contributed by atoms with Gasteiger partial charge in [0.2, 0.25) is 0 Å². The molecule has 16 heavy (non-hydrogen) atoms. The van der Waals surface area contributed by atoms with Crippen molar-refractivity contribution < 1.29 is 18.7 Å². The normalized spacial score (nSPS) is 27.3. The first-order valence-electron chi connectivity index (χ1n) is 5.16. The highest BCUT2D eigenvalue weighted by Gasteiger charge is 2.54. The monoisotopic (exact) mass is 220 g/mol. The predicted molar refractivity (Wildman–Crippen MR) is 52.1 cm³/mol. The lowest BCUT2D eigenvalue weighted by atomic mass is 9.80. The highest BCUT2D eigenvalue weighted by atomic mass is 19.1. The minimum Gasteiger partial charge on any atom is -0.392 e. The third-order valence-electron chi connectivity index (χ3n) is 3.48. The molecule has 2 aliphatic rings. The molecule has 1 fully saturated rings. The zero-order chi connectivity index (χ0) is 11.3. The third-order valence-corrected chi connectivity index (χ3v) is 3.48. The van der Waals surface area contributed by atoms with E-state index in [0.717, 1.165) is 0 Å². The first-order valence-corrected chi connectivity index (χ1v) is 5.16. The fraction of sp³-hybridized carbons (Fsp3) is 0.333. The van der Waals surface area contributed by atoms with Crippen LogP contribution in [0.25, 0.3) is 0 Å². The van der Waals surface area contributed by atoms with E-state index in [4.69, 9.17) is 0 Å². The maximum Gasteiger partial charge on any atom is 0.324 e. The number of ether oxygens (including phenoxy) is 1. The molecule has 0 saturated carbocycles. The Bertz CT molecular complexity index is 509. The quantitative estimate of drug-likeness (QED) is 0.491. The van der Waals surface area contributed by atoms with Gasteiger partial charge in [-0.3, -0.25) is 9.59 Å². The van der Waals surface area contributed by atoms with Crippen molar-refractivity contribution in [3.8, 4) is 0 Å². The lowest BCUT2D eigenvalue weighted by Gasteiger charge is -2.17. The van der Waals surface area contributed by atoms with Crippen LogP contribution >= 0.6 is 0 Å². The topological polar surface area (TPSA) is 43.4 Å². The van der Waals surface area contributed by atoms with Gasteiger partial charge in [-0.25, -0.2) is 4.39 Å². The SMILES string of the molecule is O=C1CC2(CCc3c(F)cccc32)C(=O)O1. The van der Waals surface area contributed by atoms with E-state index in [2.05, 4.69) is 4.74 Å². The lowest BCUT2D eigenvalue weighted by molar-refractivity contribution is -0.153. The van der Waals surface area contributed by atoms with E-state index in [9.17, 15) is 14.0 Å². The summed E-state index contributed by atoms with van der Waals surface area (Å²) >= 11 is 0. The summed E-state index contributed by atoms with van der Waals surface area (Å²) in [5.41, 5.74) is 0.270. The van der Waals surface area contributed by atoms with Gasteiger partial charge in [0.25, 0.3) is 0 Å². The molecule has 1 aliphatic carbocycles. The van der Waals surface area contributed by atoms with Crippen molar-refractivity contribution in [2.75, 3.05) is 0 Å². The minimum atomic E-state index is -0.908. The summed E-state index contributed by atoms with van der Waals surface area (Å²) in [5, 5.41) is 0. The van der Waals surface area contributed by atoms with Gasteiger partial charge in [-0.05, 0) is 30.0 Å². The van der Waals surface area contributed by atoms with E-state index < -0.39 is 17.4 Å². The Balaban J connectivity index is 2.19. The van der Waals surface area contributed by atoms with E-state index in [1.807, 2.05) is 0 Å². The predicted octanol–water partition coefficient (Wildman–Crippen LogP) is 1.48. The van der Waals surface area contributed by atoms with Crippen molar-refractivity contribution in [3.63, 3.8) is 0 Å². The van der Waals surface area contributed by atoms with Gasteiger partial charge in [0, 0.05) is 0 Å². The Morgan fingerprint density at radius 3 is 2.81 bits per heavy atom. The maximum atomic E-state index is 13.5. The molecular formula is C12H9FO3. The molecule has 1 aliphatic heterocycles. The van der Waals surface area contributed by atoms with Crippen LogP contribution in [0.5, 0.6) is 0 Å². The van der Waals surface area contributed by atoms with Gasteiger partial charge in [-0.1, -0.05) is 12.1 Å². The molecule has 1 aromatic rings. The fourth-order valence-corrected chi connectivity index (χ4v) is 2.69. The van der Waals surface area contributed by atoms with E-state index in [1.165, 1.54) is 6.07 Å². The van der Waals surface area contributed by atoms with Crippen LogP contribution in [0.3, 0.4) is 0 Å². The molecule has 3 rings (SSSR count). The molecule has 1 saturated heterocycles. The van der Waals surface area contributed by atoms with E-state index >= 15 is 0 Å². The molecule has 1 unspecified atom stereocenters. The number of halogens is 1. The van der Waals surface area contributed by atoms with Crippen LogP contribution < -0.4 is 0 Å². The van der Waals surface area contributed by atoms with E-state index in [-0.39, 0.29) is 12.2 Å². The van der Waals surface area contributed by atoms with Gasteiger partial charge in [-0.15, -0.1) is 0 Å². The standard InChI is InChI=1S/C12H9FO3/c13-9-3-1-2-8-7(9)4-5-12(8)6-10(14)16-11(12)15/h1-3H,4-6H2. The second-order valence-electron chi connectivity index (χ2n) is 4.29. The molecule has 0 radical (unpaired) electrons. The van der Waals surface area contributed by atoms with Crippen LogP contribution in [-0.2, 0) is 26.2 Å². The largest absolute Gasteiger partial charge is 0.392 e. The Morgan fingerprint density at radius 1 is 1.31 bits per heavy atom. The average molecular weight is 220 g/mol. The summed E-state index contributed by atoms with van der Waals surface area (Å²) in [4.78, 5) is 22.9. The number of rotatable bonds is 0. The summed E-state index contributed by atoms with van der Waals surface area (Å²) in [5.74, 6) is -1.34. The smallest absolute Gasteiger partial charge is 0.324 e. The molecule has 3 nitrogen and oxygen atoms in total. The Hall–Kier alpha value is -1.71. The van der Waals surface area contributed by atoms with Crippen molar-refractivity contribution in [2.24, 2.45) is 0 Å². The molecule has 0 aromatic heterocycles. The first kappa shape index (κ1) is 9.51. The molecule has 1 heterocycles. The number of hydrogen-bond donors (Lipinski definition) is 0. The second kappa shape index (κ2) is 2.90. The molecule has 82 valence electrons. The second-order valence-corrected chi connectivity index (χ2v) is 4.29. The number of carbonyl (C=O) groups excluding carboxylic acids is 2. The Kier molecular flexibility index (Phi) is 1.73. The van der Waals surface area contributed by atoms with Crippen molar-refractivity contribution in [2.45, 2.75) is 24.7 Å². The first-order chi connectivity index (χ1) is 7.63. The number of carbonyl (C=O) groups is 2. The summed E-state index contributed by atoms with van der Waals surface area (Å²) in [6.07, 6.45) is 1.00. The molecule has 1 atom stereocenters. The van der Waals surface area contributed by atoms with Crippen molar-refractivity contribution in [3.05, 3.63) is 35.1 Å². The van der Waals surface area contributed by atoms with Crippen LogP contribution in [0.1, 0.15) is 24.0 Å². The Labute approximate surface area is 91.2 Å². The van der Waals surface area contributed by atoms with Gasteiger partial charge in [0.05, 0.1) is 6.42 Å². The van der Waals surface area contributed by atoms with Crippen molar-refractivity contribution in [1.29, 1.82) is 0 Å². The summed E-state index contributed by atoms with van der Waals surface area (Å²) in [6.45, 7) is 0. The number of cyclic esters (lactones) is 2. The summed E-state index contributed by atoms with van der Waals surface area (Å²) < 4.78 is 18.1. The van der Waals surface area contributed by atoms with E-state index in [0.29, 0.717) is 24.0 Å². The van der Waals surface area contributed by atoms with Crippen LogP contribution in [0, 0.1) is 5.82 Å². The molecular weight excluding hydrogens is 211 g/mol. The minimum absolute atomic E-state index is 0.0439. The van der Waals surface area contributed by atoms with Crippen molar-refractivity contribution >= 4 is 11.9 Å². The zero-order valence-electron chi connectivity index (χ0n) is 8.46. The molecule has 4 heteroatoms. The molecule has 1 spiro atoms. The van der Waals surface area contributed by atoms with E-state index in [1.54, 1.807) is 12.1 Å². The van der Waals surface area contributed by atoms with Gasteiger partial charge in [-0.2, -0.15) is 0 Å². The van der Waals surface area contributed by atoms with Crippen molar-refractivity contribution in [1.82, 2.24) is 0 Å².